The van der Waals surface area contributed by atoms with Gasteiger partial charge in [0.15, 0.2) is 0 Å². The van der Waals surface area contributed by atoms with E-state index in [0.29, 0.717) is 16.6 Å². The maximum Gasteiger partial charge on any atom is 0.340 e. The van der Waals surface area contributed by atoms with Crippen molar-refractivity contribution in [3.05, 3.63) is 29.8 Å². The summed E-state index contributed by atoms with van der Waals surface area (Å²) < 4.78 is 20.0. The van der Waals surface area contributed by atoms with Crippen molar-refractivity contribution in [1.82, 2.24) is 9.55 Å². The van der Waals surface area contributed by atoms with Crippen LogP contribution in [0.4, 0.5) is 4.39 Å². The molecule has 0 aliphatic heterocycles. The molecule has 0 aliphatic rings. The minimum atomic E-state index is -0.570. The predicted molar refractivity (Wildman–Crippen MR) is 65.8 cm³/mol. The molecule has 2 aromatic heterocycles. The SMILES string of the molecule is Cn1cc(C(=O)OC(C)(C)C)c2ccc(F)nc21. The average Bonchev–Trinajstić information content (AvgIpc) is 2.54. The highest BCUT2D eigenvalue weighted by Gasteiger charge is 2.22. The van der Waals surface area contributed by atoms with Gasteiger partial charge in [-0.05, 0) is 32.9 Å². The van der Waals surface area contributed by atoms with E-state index in [1.54, 1.807) is 38.6 Å². The van der Waals surface area contributed by atoms with Gasteiger partial charge in [-0.2, -0.15) is 4.39 Å². The quantitative estimate of drug-likeness (QED) is 0.577. The van der Waals surface area contributed by atoms with Crippen LogP contribution >= 0.6 is 0 Å². The van der Waals surface area contributed by atoms with Gasteiger partial charge >= 0.3 is 5.97 Å². The molecule has 0 saturated heterocycles. The maximum absolute atomic E-state index is 13.1. The summed E-state index contributed by atoms with van der Waals surface area (Å²) >= 11 is 0. The molecule has 0 radical (unpaired) electrons. The van der Waals surface area contributed by atoms with E-state index in [0.717, 1.165) is 0 Å². The standard InChI is InChI=1S/C13H15FN2O2/c1-13(2,3)18-12(17)9-7-16(4)11-8(9)5-6-10(14)15-11/h5-7H,1-4H3. The van der Waals surface area contributed by atoms with Gasteiger partial charge in [0.1, 0.15) is 11.2 Å². The van der Waals surface area contributed by atoms with Gasteiger partial charge in [0, 0.05) is 18.6 Å². The molecule has 2 rings (SSSR count). The van der Waals surface area contributed by atoms with Crippen molar-refractivity contribution in [3.63, 3.8) is 0 Å². The number of nitrogens with zero attached hydrogens (tertiary/aromatic N) is 2. The molecule has 0 aliphatic carbocycles. The summed E-state index contributed by atoms with van der Waals surface area (Å²) in [5, 5.41) is 0.591. The monoisotopic (exact) mass is 250 g/mol. The van der Waals surface area contributed by atoms with Gasteiger partial charge < -0.3 is 9.30 Å². The smallest absolute Gasteiger partial charge is 0.340 e. The zero-order valence-corrected chi connectivity index (χ0v) is 10.8. The minimum Gasteiger partial charge on any atom is -0.456 e. The second kappa shape index (κ2) is 4.08. The van der Waals surface area contributed by atoms with Crippen LogP contribution in [0.2, 0.25) is 0 Å². The molecule has 5 heteroatoms. The van der Waals surface area contributed by atoms with E-state index in [1.807, 2.05) is 0 Å². The zero-order chi connectivity index (χ0) is 13.5. The summed E-state index contributed by atoms with van der Waals surface area (Å²) in [6, 6.07) is 2.77. The normalized spacial score (nSPS) is 11.8. The first-order valence-corrected chi connectivity index (χ1v) is 5.63. The Labute approximate surface area is 104 Å². The summed E-state index contributed by atoms with van der Waals surface area (Å²) in [6.07, 6.45) is 1.60. The third kappa shape index (κ3) is 2.34. The van der Waals surface area contributed by atoms with E-state index in [9.17, 15) is 9.18 Å². The van der Waals surface area contributed by atoms with Gasteiger partial charge in [-0.25, -0.2) is 9.78 Å². The van der Waals surface area contributed by atoms with Crippen LogP contribution in [0, 0.1) is 5.95 Å². The Hall–Kier alpha value is -1.91. The molecule has 0 fully saturated rings. The van der Waals surface area contributed by atoms with Crippen LogP contribution in [0.25, 0.3) is 11.0 Å². The molecule has 18 heavy (non-hydrogen) atoms. The fourth-order valence-electron chi connectivity index (χ4n) is 1.72. The Morgan fingerprint density at radius 1 is 1.39 bits per heavy atom. The molecule has 0 spiro atoms. The lowest BCUT2D eigenvalue weighted by Crippen LogP contribution is -2.23. The van der Waals surface area contributed by atoms with E-state index in [4.69, 9.17) is 4.74 Å². The van der Waals surface area contributed by atoms with Crippen LogP contribution in [-0.4, -0.2) is 21.1 Å². The number of halogens is 1. The van der Waals surface area contributed by atoms with Gasteiger partial charge in [0.2, 0.25) is 5.95 Å². The number of ether oxygens (including phenoxy) is 1. The van der Waals surface area contributed by atoms with Crippen LogP contribution in [-0.2, 0) is 11.8 Å². The molecular formula is C13H15FN2O2. The number of fused-ring (bicyclic) bond motifs is 1. The Morgan fingerprint density at radius 3 is 2.67 bits per heavy atom. The van der Waals surface area contributed by atoms with Gasteiger partial charge in [0.05, 0.1) is 5.56 Å². The molecule has 2 heterocycles. The van der Waals surface area contributed by atoms with Gasteiger partial charge in [0.25, 0.3) is 0 Å². The third-order valence-corrected chi connectivity index (χ3v) is 2.41. The van der Waals surface area contributed by atoms with E-state index in [2.05, 4.69) is 4.98 Å². The number of hydrogen-bond acceptors (Lipinski definition) is 3. The number of hydrogen-bond donors (Lipinski definition) is 0. The summed E-state index contributed by atoms with van der Waals surface area (Å²) in [6.45, 7) is 5.40. The first kappa shape index (κ1) is 12.5. The lowest BCUT2D eigenvalue weighted by molar-refractivity contribution is 0.00716. The largest absolute Gasteiger partial charge is 0.456 e. The Morgan fingerprint density at radius 2 is 2.06 bits per heavy atom. The second-order valence-corrected chi connectivity index (χ2v) is 5.16. The molecule has 0 bridgehead atoms. The average molecular weight is 250 g/mol. The summed E-state index contributed by atoms with van der Waals surface area (Å²) in [4.78, 5) is 15.8. The molecule has 0 N–H and O–H groups in total. The Bertz CT molecular complexity index is 611. The lowest BCUT2D eigenvalue weighted by atomic mass is 10.2. The number of carbonyl (C=O) groups is 1. The molecule has 4 nitrogen and oxygen atoms in total. The topological polar surface area (TPSA) is 44.1 Å². The number of aryl methyl sites for hydroxylation is 1. The molecule has 0 saturated carbocycles. The van der Waals surface area contributed by atoms with Crippen molar-refractivity contribution < 1.29 is 13.9 Å². The van der Waals surface area contributed by atoms with Crippen LogP contribution < -0.4 is 0 Å². The van der Waals surface area contributed by atoms with Crippen molar-refractivity contribution in [3.8, 4) is 0 Å². The highest BCUT2D eigenvalue weighted by atomic mass is 19.1. The molecule has 0 amide bonds. The zero-order valence-electron chi connectivity index (χ0n) is 10.8. The van der Waals surface area contributed by atoms with E-state index >= 15 is 0 Å². The molecule has 96 valence electrons. The molecule has 0 aromatic carbocycles. The van der Waals surface area contributed by atoms with Crippen molar-refractivity contribution in [2.24, 2.45) is 7.05 Å². The number of esters is 1. The maximum atomic E-state index is 13.1. The third-order valence-electron chi connectivity index (χ3n) is 2.41. The van der Waals surface area contributed by atoms with Gasteiger partial charge in [-0.1, -0.05) is 0 Å². The number of rotatable bonds is 1. The molecule has 0 atom stereocenters. The second-order valence-electron chi connectivity index (χ2n) is 5.16. The van der Waals surface area contributed by atoms with Crippen LogP contribution in [0.5, 0.6) is 0 Å². The lowest BCUT2D eigenvalue weighted by Gasteiger charge is -2.19. The van der Waals surface area contributed by atoms with Crippen LogP contribution in [0.1, 0.15) is 31.1 Å². The van der Waals surface area contributed by atoms with E-state index in [-0.39, 0.29) is 0 Å². The molecule has 0 unspecified atom stereocenters. The Kier molecular flexibility index (Phi) is 2.84. The molecular weight excluding hydrogens is 235 g/mol. The summed E-state index contributed by atoms with van der Waals surface area (Å²) in [5.41, 5.74) is 0.262. The van der Waals surface area contributed by atoms with E-state index < -0.39 is 17.5 Å². The number of pyridine rings is 1. The first-order chi connectivity index (χ1) is 8.28. The number of aromatic nitrogens is 2. The highest BCUT2D eigenvalue weighted by Crippen LogP contribution is 2.22. The van der Waals surface area contributed by atoms with Crippen molar-refractivity contribution in [2.75, 3.05) is 0 Å². The van der Waals surface area contributed by atoms with Crippen molar-refractivity contribution in [2.45, 2.75) is 26.4 Å². The summed E-state index contributed by atoms with van der Waals surface area (Å²) in [5.74, 6) is -0.999. The Balaban J connectivity index is 2.49. The highest BCUT2D eigenvalue weighted by molar-refractivity contribution is 6.03. The fraction of sp³-hybridized carbons (Fsp3) is 0.385. The minimum absolute atomic E-state index is 0.398. The first-order valence-electron chi connectivity index (χ1n) is 5.63. The van der Waals surface area contributed by atoms with Gasteiger partial charge in [-0.3, -0.25) is 0 Å². The van der Waals surface area contributed by atoms with Crippen molar-refractivity contribution >= 4 is 17.0 Å². The summed E-state index contributed by atoms with van der Waals surface area (Å²) in [7, 11) is 1.71. The van der Waals surface area contributed by atoms with Crippen molar-refractivity contribution in [1.29, 1.82) is 0 Å². The molecule has 2 aromatic rings. The van der Waals surface area contributed by atoms with Crippen LogP contribution in [0.3, 0.4) is 0 Å². The van der Waals surface area contributed by atoms with Gasteiger partial charge in [-0.15, -0.1) is 0 Å². The predicted octanol–water partition coefficient (Wildman–Crippen LogP) is 2.67. The fourth-order valence-corrected chi connectivity index (χ4v) is 1.72. The van der Waals surface area contributed by atoms with E-state index in [1.165, 1.54) is 12.1 Å². The number of carbonyl (C=O) groups excluding carboxylic acids is 1. The van der Waals surface area contributed by atoms with Crippen LogP contribution in [0.15, 0.2) is 18.3 Å².